The molecule has 0 amide bonds. The third-order valence-electron chi connectivity index (χ3n) is 3.51. The minimum Gasteiger partial charge on any atom is -0.330 e. The van der Waals surface area contributed by atoms with Gasteiger partial charge in [-0.2, -0.15) is 0 Å². The molecule has 4 nitrogen and oxygen atoms in total. The van der Waals surface area contributed by atoms with Gasteiger partial charge in [0.25, 0.3) is 5.69 Å². The van der Waals surface area contributed by atoms with Crippen LogP contribution in [0, 0.1) is 10.1 Å². The Kier molecular flexibility index (Phi) is 5.22. The van der Waals surface area contributed by atoms with Gasteiger partial charge in [0.05, 0.1) is 4.92 Å². The molecule has 19 heavy (non-hydrogen) atoms. The summed E-state index contributed by atoms with van der Waals surface area (Å²) in [6.07, 6.45) is 7.16. The summed E-state index contributed by atoms with van der Waals surface area (Å²) in [7, 11) is 0. The predicted molar refractivity (Wildman–Crippen MR) is 78.6 cm³/mol. The summed E-state index contributed by atoms with van der Waals surface area (Å²) >= 11 is 1.87. The average molecular weight is 280 g/mol. The largest absolute Gasteiger partial charge is 0.330 e. The summed E-state index contributed by atoms with van der Waals surface area (Å²) < 4.78 is 0. The lowest BCUT2D eigenvalue weighted by Gasteiger charge is -2.22. The number of nitrogens with zero attached hydrogens (tertiary/aromatic N) is 1. The summed E-state index contributed by atoms with van der Waals surface area (Å²) in [6.45, 7) is 0.527. The van der Waals surface area contributed by atoms with Gasteiger partial charge in [0.2, 0.25) is 0 Å². The summed E-state index contributed by atoms with van der Waals surface area (Å²) in [5.74, 6) is 0. The second-order valence-corrected chi connectivity index (χ2v) is 6.31. The molecule has 1 aromatic carbocycles. The zero-order chi connectivity index (χ0) is 13.7. The van der Waals surface area contributed by atoms with Crippen LogP contribution in [-0.2, 0) is 6.42 Å². The van der Waals surface area contributed by atoms with E-state index < -0.39 is 0 Å². The smallest absolute Gasteiger partial charge is 0.269 e. The van der Waals surface area contributed by atoms with Crippen LogP contribution in [0.2, 0.25) is 0 Å². The van der Waals surface area contributed by atoms with Crippen molar-refractivity contribution in [3.05, 3.63) is 33.9 Å². The number of nitrogens with two attached hydrogens (primary N) is 1. The Bertz CT molecular complexity index is 445. The Hall–Kier alpha value is -1.07. The van der Waals surface area contributed by atoms with Crippen molar-refractivity contribution in [2.75, 3.05) is 6.54 Å². The van der Waals surface area contributed by atoms with E-state index in [1.807, 2.05) is 17.8 Å². The minimum absolute atomic E-state index is 0.163. The van der Waals surface area contributed by atoms with E-state index in [4.69, 9.17) is 5.73 Å². The van der Waals surface area contributed by atoms with Crippen molar-refractivity contribution in [3.63, 3.8) is 0 Å². The molecule has 0 saturated heterocycles. The average Bonchev–Trinajstić information content (AvgIpc) is 2.42. The summed E-state index contributed by atoms with van der Waals surface area (Å²) in [5.41, 5.74) is 6.79. The topological polar surface area (TPSA) is 69.2 Å². The first-order valence-electron chi connectivity index (χ1n) is 6.84. The van der Waals surface area contributed by atoms with Crippen LogP contribution >= 0.6 is 11.8 Å². The van der Waals surface area contributed by atoms with Crippen molar-refractivity contribution >= 4 is 17.4 Å². The molecule has 0 bridgehead atoms. The first kappa shape index (κ1) is 14.3. The molecule has 0 radical (unpaired) electrons. The number of thioether (sulfide) groups is 1. The summed E-state index contributed by atoms with van der Waals surface area (Å²) in [4.78, 5) is 11.7. The molecule has 0 aromatic heterocycles. The molecule has 1 fully saturated rings. The molecule has 104 valence electrons. The highest BCUT2D eigenvalue weighted by Gasteiger charge is 2.17. The van der Waals surface area contributed by atoms with Crippen LogP contribution in [-0.4, -0.2) is 16.7 Å². The standard InChI is InChI=1S/C14H20N2O2S/c15-9-8-11-10-12(16(17)18)6-7-14(11)19-13-4-2-1-3-5-13/h6-7,10,13H,1-5,8-9,15H2. The maximum absolute atomic E-state index is 10.8. The van der Waals surface area contributed by atoms with Gasteiger partial charge in [-0.05, 0) is 37.4 Å². The Balaban J connectivity index is 2.15. The van der Waals surface area contributed by atoms with Crippen LogP contribution < -0.4 is 5.73 Å². The van der Waals surface area contributed by atoms with Crippen molar-refractivity contribution in [1.82, 2.24) is 0 Å². The van der Waals surface area contributed by atoms with Gasteiger partial charge in [-0.15, -0.1) is 11.8 Å². The van der Waals surface area contributed by atoms with Crippen LogP contribution in [0.3, 0.4) is 0 Å². The first-order valence-corrected chi connectivity index (χ1v) is 7.72. The zero-order valence-corrected chi connectivity index (χ0v) is 11.8. The third kappa shape index (κ3) is 3.94. The molecule has 0 spiro atoms. The molecule has 0 unspecified atom stereocenters. The van der Waals surface area contributed by atoms with Crippen LogP contribution in [0.1, 0.15) is 37.7 Å². The Morgan fingerprint density at radius 3 is 2.68 bits per heavy atom. The van der Waals surface area contributed by atoms with E-state index >= 15 is 0 Å². The lowest BCUT2D eigenvalue weighted by molar-refractivity contribution is -0.385. The number of hydrogen-bond donors (Lipinski definition) is 1. The summed E-state index contributed by atoms with van der Waals surface area (Å²) in [5, 5.41) is 11.5. The minimum atomic E-state index is -0.338. The van der Waals surface area contributed by atoms with E-state index in [0.717, 1.165) is 5.56 Å². The van der Waals surface area contributed by atoms with E-state index in [0.29, 0.717) is 18.2 Å². The molecule has 0 atom stereocenters. The summed E-state index contributed by atoms with van der Waals surface area (Å²) in [6, 6.07) is 5.17. The van der Waals surface area contributed by atoms with Gasteiger partial charge in [-0.1, -0.05) is 19.3 Å². The fourth-order valence-electron chi connectivity index (χ4n) is 2.51. The number of nitro groups is 1. The van der Waals surface area contributed by atoms with Crippen molar-refractivity contribution in [2.45, 2.75) is 48.7 Å². The third-order valence-corrected chi connectivity index (χ3v) is 4.97. The monoisotopic (exact) mass is 280 g/mol. The molecule has 1 aromatic rings. The first-order chi connectivity index (χ1) is 9.20. The highest BCUT2D eigenvalue weighted by atomic mass is 32.2. The van der Waals surface area contributed by atoms with Crippen LogP contribution in [0.5, 0.6) is 0 Å². The van der Waals surface area contributed by atoms with E-state index in [9.17, 15) is 10.1 Å². The molecule has 0 heterocycles. The number of benzene rings is 1. The molecule has 1 aliphatic carbocycles. The molecule has 2 N–H and O–H groups in total. The molecule has 0 aliphatic heterocycles. The van der Waals surface area contributed by atoms with Gasteiger partial charge < -0.3 is 5.73 Å². The van der Waals surface area contributed by atoms with Crippen LogP contribution in [0.4, 0.5) is 5.69 Å². The van der Waals surface area contributed by atoms with Crippen molar-refractivity contribution in [1.29, 1.82) is 0 Å². The normalized spacial score (nSPS) is 16.5. The SMILES string of the molecule is NCCc1cc([N+](=O)[O-])ccc1SC1CCCCC1. The Labute approximate surface area is 117 Å². The maximum atomic E-state index is 10.8. The van der Waals surface area contributed by atoms with Crippen molar-refractivity contribution in [3.8, 4) is 0 Å². The van der Waals surface area contributed by atoms with Gasteiger partial charge in [0.1, 0.15) is 0 Å². The molecule has 1 saturated carbocycles. The van der Waals surface area contributed by atoms with Gasteiger partial charge >= 0.3 is 0 Å². The van der Waals surface area contributed by atoms with E-state index in [1.165, 1.54) is 37.0 Å². The lowest BCUT2D eigenvalue weighted by Crippen LogP contribution is -2.09. The molecular weight excluding hydrogens is 260 g/mol. The Morgan fingerprint density at radius 2 is 2.05 bits per heavy atom. The van der Waals surface area contributed by atoms with Crippen molar-refractivity contribution in [2.24, 2.45) is 5.73 Å². The quantitative estimate of drug-likeness (QED) is 0.662. The second kappa shape index (κ2) is 6.91. The number of rotatable bonds is 5. The number of non-ortho nitro benzene ring substituents is 1. The van der Waals surface area contributed by atoms with Crippen molar-refractivity contribution < 1.29 is 4.92 Å². The maximum Gasteiger partial charge on any atom is 0.269 e. The Morgan fingerprint density at radius 1 is 1.32 bits per heavy atom. The van der Waals surface area contributed by atoms with Gasteiger partial charge in [0.15, 0.2) is 0 Å². The molecule has 5 heteroatoms. The van der Waals surface area contributed by atoms with Gasteiger partial charge in [-0.25, -0.2) is 0 Å². The highest BCUT2D eigenvalue weighted by molar-refractivity contribution is 8.00. The lowest BCUT2D eigenvalue weighted by atomic mass is 10.0. The fraction of sp³-hybridized carbons (Fsp3) is 0.571. The van der Waals surface area contributed by atoms with Gasteiger partial charge in [0, 0.05) is 22.3 Å². The van der Waals surface area contributed by atoms with E-state index in [1.54, 1.807) is 12.1 Å². The fourth-order valence-corrected chi connectivity index (χ4v) is 3.89. The molecular formula is C14H20N2O2S. The zero-order valence-electron chi connectivity index (χ0n) is 11.0. The molecule has 1 aliphatic rings. The van der Waals surface area contributed by atoms with Crippen LogP contribution in [0.25, 0.3) is 0 Å². The second-order valence-electron chi connectivity index (χ2n) is 4.97. The number of hydrogen-bond acceptors (Lipinski definition) is 4. The molecule has 2 rings (SSSR count). The highest BCUT2D eigenvalue weighted by Crippen LogP contribution is 2.36. The van der Waals surface area contributed by atoms with E-state index in [-0.39, 0.29) is 10.6 Å². The predicted octanol–water partition coefficient (Wildman–Crippen LogP) is 3.52. The van der Waals surface area contributed by atoms with Gasteiger partial charge in [-0.3, -0.25) is 10.1 Å². The van der Waals surface area contributed by atoms with Crippen LogP contribution in [0.15, 0.2) is 23.1 Å². The van der Waals surface area contributed by atoms with E-state index in [2.05, 4.69) is 0 Å². The number of nitro benzene ring substituents is 1.